The topological polar surface area (TPSA) is 68.8 Å². The fraction of sp³-hybridized carbons (Fsp3) is 0.714. The van der Waals surface area contributed by atoms with Crippen LogP contribution in [0.2, 0.25) is 0 Å². The summed E-state index contributed by atoms with van der Waals surface area (Å²) in [6, 6.07) is 5.13. The SMILES string of the molecule is CCNC(=NCCC(=O)NC1CCCCC1)NC1CCN(c2cccs2)CC1.I. The van der Waals surface area contributed by atoms with Crippen molar-refractivity contribution in [3.8, 4) is 0 Å². The van der Waals surface area contributed by atoms with Crippen molar-refractivity contribution < 1.29 is 4.79 Å². The zero-order valence-corrected chi connectivity index (χ0v) is 20.6. The highest BCUT2D eigenvalue weighted by Crippen LogP contribution is 2.24. The van der Waals surface area contributed by atoms with E-state index in [1.165, 1.54) is 24.3 Å². The van der Waals surface area contributed by atoms with Crippen LogP contribution < -0.4 is 20.9 Å². The smallest absolute Gasteiger partial charge is 0.222 e. The maximum atomic E-state index is 12.2. The molecule has 2 fully saturated rings. The summed E-state index contributed by atoms with van der Waals surface area (Å²) in [5.74, 6) is 0.971. The summed E-state index contributed by atoms with van der Waals surface area (Å²) < 4.78 is 0. The molecule has 0 spiro atoms. The summed E-state index contributed by atoms with van der Waals surface area (Å²) in [7, 11) is 0. The van der Waals surface area contributed by atoms with Gasteiger partial charge in [-0.15, -0.1) is 35.3 Å². The Bertz CT molecular complexity index is 611. The molecule has 3 rings (SSSR count). The van der Waals surface area contributed by atoms with Crippen LogP contribution in [-0.4, -0.2) is 50.1 Å². The van der Waals surface area contributed by atoms with Crippen molar-refractivity contribution in [2.75, 3.05) is 31.1 Å². The fourth-order valence-electron chi connectivity index (χ4n) is 4.02. The minimum Gasteiger partial charge on any atom is -0.363 e. The van der Waals surface area contributed by atoms with Crippen LogP contribution in [0, 0.1) is 0 Å². The number of rotatable bonds is 7. The number of amides is 1. The van der Waals surface area contributed by atoms with E-state index >= 15 is 0 Å². The first kappa shape index (κ1) is 24.2. The molecule has 1 saturated heterocycles. The highest BCUT2D eigenvalue weighted by molar-refractivity contribution is 14.0. The van der Waals surface area contributed by atoms with Crippen molar-refractivity contribution in [3.05, 3.63) is 17.5 Å². The predicted octanol–water partition coefficient (Wildman–Crippen LogP) is 3.73. The van der Waals surface area contributed by atoms with Gasteiger partial charge in [-0.2, -0.15) is 0 Å². The Hall–Kier alpha value is -1.03. The van der Waals surface area contributed by atoms with Gasteiger partial charge in [-0.3, -0.25) is 9.79 Å². The lowest BCUT2D eigenvalue weighted by atomic mass is 9.95. The number of thiophene rings is 1. The summed E-state index contributed by atoms with van der Waals surface area (Å²) >= 11 is 1.81. The molecule has 3 N–H and O–H groups in total. The number of nitrogens with one attached hydrogen (secondary N) is 3. The van der Waals surface area contributed by atoms with Gasteiger partial charge in [0.15, 0.2) is 5.96 Å². The van der Waals surface area contributed by atoms with Crippen molar-refractivity contribution in [2.24, 2.45) is 4.99 Å². The molecule has 0 atom stereocenters. The maximum absolute atomic E-state index is 12.2. The van der Waals surface area contributed by atoms with E-state index in [9.17, 15) is 4.79 Å². The van der Waals surface area contributed by atoms with Crippen LogP contribution in [0.3, 0.4) is 0 Å². The van der Waals surface area contributed by atoms with E-state index in [1.807, 2.05) is 11.3 Å². The lowest BCUT2D eigenvalue weighted by molar-refractivity contribution is -0.121. The van der Waals surface area contributed by atoms with Crippen LogP contribution in [0.25, 0.3) is 0 Å². The van der Waals surface area contributed by atoms with E-state index in [-0.39, 0.29) is 29.9 Å². The van der Waals surface area contributed by atoms with Crippen molar-refractivity contribution in [2.45, 2.75) is 70.4 Å². The van der Waals surface area contributed by atoms with Crippen LogP contribution in [-0.2, 0) is 4.79 Å². The monoisotopic (exact) mass is 533 g/mol. The van der Waals surface area contributed by atoms with Gasteiger partial charge in [-0.25, -0.2) is 0 Å². The summed E-state index contributed by atoms with van der Waals surface area (Å²) in [6.45, 7) is 5.57. The molecular formula is C21H36IN5OS. The van der Waals surface area contributed by atoms with Crippen LogP contribution in [0.1, 0.15) is 58.3 Å². The van der Waals surface area contributed by atoms with Gasteiger partial charge in [0.05, 0.1) is 11.5 Å². The number of carbonyl (C=O) groups excluding carboxylic acids is 1. The Balaban J connectivity index is 0.00000300. The van der Waals surface area contributed by atoms with Gasteiger partial charge in [-0.05, 0) is 50.1 Å². The zero-order valence-electron chi connectivity index (χ0n) is 17.5. The summed E-state index contributed by atoms with van der Waals surface area (Å²) in [4.78, 5) is 19.3. The molecule has 0 bridgehead atoms. The average molecular weight is 534 g/mol. The van der Waals surface area contributed by atoms with Gasteiger partial charge in [0, 0.05) is 38.1 Å². The molecule has 2 aliphatic rings. The molecule has 1 amide bonds. The first-order valence-corrected chi connectivity index (χ1v) is 11.7. The third-order valence-corrected chi connectivity index (χ3v) is 6.51. The molecule has 1 aliphatic heterocycles. The zero-order chi connectivity index (χ0) is 19.6. The number of guanidine groups is 1. The normalized spacial score (nSPS) is 18.8. The van der Waals surface area contributed by atoms with Gasteiger partial charge >= 0.3 is 0 Å². The fourth-order valence-corrected chi connectivity index (χ4v) is 4.81. The van der Waals surface area contributed by atoms with Gasteiger partial charge in [-0.1, -0.05) is 19.3 Å². The molecule has 2 heterocycles. The Morgan fingerprint density at radius 2 is 1.86 bits per heavy atom. The molecule has 0 unspecified atom stereocenters. The second-order valence-electron chi connectivity index (χ2n) is 7.77. The van der Waals surface area contributed by atoms with Crippen molar-refractivity contribution in [1.82, 2.24) is 16.0 Å². The van der Waals surface area contributed by atoms with E-state index in [0.29, 0.717) is 25.0 Å². The molecule has 1 saturated carbocycles. The molecule has 29 heavy (non-hydrogen) atoms. The summed E-state index contributed by atoms with van der Waals surface area (Å²) in [6.07, 6.45) is 8.71. The summed E-state index contributed by atoms with van der Waals surface area (Å²) in [5, 5.41) is 13.6. The quantitative estimate of drug-likeness (QED) is 0.284. The first-order valence-electron chi connectivity index (χ1n) is 10.9. The number of nitrogens with zero attached hydrogens (tertiary/aromatic N) is 2. The standard InChI is InChI=1S/C21H35N5OS.HI/c1-2-22-21(23-13-10-19(27)24-17-7-4-3-5-8-17)25-18-11-14-26(15-12-18)20-9-6-16-28-20;/h6,9,16-18H,2-5,7-8,10-15H2,1H3,(H,24,27)(H2,22,23,25);1H. The minimum absolute atomic E-state index is 0. The summed E-state index contributed by atoms with van der Waals surface area (Å²) in [5.41, 5.74) is 0. The van der Waals surface area contributed by atoms with Crippen LogP contribution in [0.5, 0.6) is 0 Å². The Morgan fingerprint density at radius 1 is 1.14 bits per heavy atom. The molecule has 0 aromatic carbocycles. The molecule has 8 heteroatoms. The molecule has 6 nitrogen and oxygen atoms in total. The molecule has 1 aliphatic carbocycles. The largest absolute Gasteiger partial charge is 0.363 e. The molecule has 164 valence electrons. The lowest BCUT2D eigenvalue weighted by Crippen LogP contribution is -2.48. The third-order valence-electron chi connectivity index (χ3n) is 5.58. The van der Waals surface area contributed by atoms with Crippen molar-refractivity contribution >= 4 is 52.2 Å². The molecule has 1 aromatic rings. The molecule has 1 aromatic heterocycles. The van der Waals surface area contributed by atoms with Gasteiger partial charge in [0.2, 0.25) is 5.91 Å². The average Bonchev–Trinajstić information content (AvgIpc) is 3.24. The van der Waals surface area contributed by atoms with Crippen LogP contribution in [0.15, 0.2) is 22.5 Å². The Kier molecular flexibility index (Phi) is 11.1. The molecule has 0 radical (unpaired) electrons. The number of halogens is 1. The number of carbonyl (C=O) groups is 1. The maximum Gasteiger partial charge on any atom is 0.222 e. The second kappa shape index (κ2) is 13.3. The van der Waals surface area contributed by atoms with Crippen molar-refractivity contribution in [1.29, 1.82) is 0 Å². The van der Waals surface area contributed by atoms with Gasteiger partial charge < -0.3 is 20.9 Å². The number of piperidine rings is 1. The number of anilines is 1. The highest BCUT2D eigenvalue weighted by atomic mass is 127. The highest BCUT2D eigenvalue weighted by Gasteiger charge is 2.21. The number of hydrogen-bond donors (Lipinski definition) is 3. The Morgan fingerprint density at radius 3 is 2.52 bits per heavy atom. The number of hydrogen-bond acceptors (Lipinski definition) is 4. The van der Waals surface area contributed by atoms with Crippen molar-refractivity contribution in [3.63, 3.8) is 0 Å². The Labute approximate surface area is 196 Å². The van der Waals surface area contributed by atoms with Gasteiger partial charge in [0.25, 0.3) is 0 Å². The van der Waals surface area contributed by atoms with E-state index < -0.39 is 0 Å². The lowest BCUT2D eigenvalue weighted by Gasteiger charge is -2.33. The number of aliphatic imine (C=N–C) groups is 1. The van der Waals surface area contributed by atoms with Crippen LogP contribution >= 0.6 is 35.3 Å². The van der Waals surface area contributed by atoms with E-state index in [0.717, 1.165) is 51.3 Å². The van der Waals surface area contributed by atoms with E-state index in [1.54, 1.807) is 0 Å². The predicted molar refractivity (Wildman–Crippen MR) is 134 cm³/mol. The second-order valence-corrected chi connectivity index (χ2v) is 8.70. The minimum atomic E-state index is 0. The first-order chi connectivity index (χ1) is 13.7. The van der Waals surface area contributed by atoms with E-state index in [2.05, 4.69) is 50.3 Å². The third kappa shape index (κ3) is 8.32. The van der Waals surface area contributed by atoms with Gasteiger partial charge in [0.1, 0.15) is 0 Å². The van der Waals surface area contributed by atoms with Crippen LogP contribution in [0.4, 0.5) is 5.00 Å². The van der Waals surface area contributed by atoms with E-state index in [4.69, 9.17) is 0 Å². The molecular weight excluding hydrogens is 497 g/mol.